The lowest BCUT2D eigenvalue weighted by Gasteiger charge is -2.27. The molecule has 0 heterocycles. The van der Waals surface area contributed by atoms with Crippen LogP contribution >= 0.6 is 0 Å². The van der Waals surface area contributed by atoms with E-state index < -0.39 is 28.1 Å². The van der Waals surface area contributed by atoms with Crippen molar-refractivity contribution in [3.63, 3.8) is 0 Å². The monoisotopic (exact) mass is 422 g/mol. The number of rotatable bonds is 10. The Kier molecular flexibility index (Phi) is 7.60. The first-order valence-electron chi connectivity index (χ1n) is 9.03. The van der Waals surface area contributed by atoms with Crippen LogP contribution in [0.4, 0.5) is 5.69 Å². The maximum atomic E-state index is 13.2. The zero-order chi connectivity index (χ0) is 21.6. The maximum absolute atomic E-state index is 13.2. The minimum Gasteiger partial charge on any atom is -0.497 e. The van der Waals surface area contributed by atoms with E-state index in [-0.39, 0.29) is 18.0 Å². The first-order valence-corrected chi connectivity index (χ1v) is 10.5. The SMILES string of the molecule is COc1ccc(N(C[C@@H](O)CN[C@H](C)C(=O)O)S(=O)(=O)c2ccc(C)cc2)cc1. The third-order valence-corrected chi connectivity index (χ3v) is 6.18. The predicted molar refractivity (Wildman–Crippen MR) is 110 cm³/mol. The molecule has 0 aliphatic heterocycles. The number of carboxylic acids is 1. The van der Waals surface area contributed by atoms with E-state index in [2.05, 4.69) is 5.32 Å². The number of carbonyl (C=O) groups is 1. The molecule has 2 atom stereocenters. The van der Waals surface area contributed by atoms with Gasteiger partial charge in [-0.25, -0.2) is 8.42 Å². The first-order chi connectivity index (χ1) is 13.6. The van der Waals surface area contributed by atoms with E-state index in [1.165, 1.54) is 26.2 Å². The molecule has 0 saturated carbocycles. The smallest absolute Gasteiger partial charge is 0.320 e. The molecule has 0 aromatic heterocycles. The molecule has 0 fully saturated rings. The second-order valence-electron chi connectivity index (χ2n) is 6.67. The summed E-state index contributed by atoms with van der Waals surface area (Å²) in [4.78, 5) is 11.0. The van der Waals surface area contributed by atoms with E-state index in [1.807, 2.05) is 6.92 Å². The number of anilines is 1. The molecule has 0 aliphatic rings. The quantitative estimate of drug-likeness (QED) is 0.533. The molecule has 3 N–H and O–H groups in total. The van der Waals surface area contributed by atoms with Gasteiger partial charge in [0.2, 0.25) is 0 Å². The molecule has 0 bridgehead atoms. The van der Waals surface area contributed by atoms with Crippen LogP contribution < -0.4 is 14.4 Å². The second kappa shape index (κ2) is 9.73. The summed E-state index contributed by atoms with van der Waals surface area (Å²) in [5.74, 6) is -0.490. The number of hydrogen-bond donors (Lipinski definition) is 3. The Bertz CT molecular complexity index is 913. The fourth-order valence-corrected chi connectivity index (χ4v) is 4.09. The molecule has 2 rings (SSSR count). The van der Waals surface area contributed by atoms with Crippen molar-refractivity contribution < 1.29 is 28.2 Å². The molecule has 9 heteroatoms. The Labute approximate surface area is 170 Å². The summed E-state index contributed by atoms with van der Waals surface area (Å²) < 4.78 is 32.7. The topological polar surface area (TPSA) is 116 Å². The van der Waals surface area contributed by atoms with Gasteiger partial charge in [-0.3, -0.25) is 9.10 Å². The van der Waals surface area contributed by atoms with Crippen LogP contribution in [0.3, 0.4) is 0 Å². The standard InChI is InChI=1S/C20H26N2O6S/c1-14-4-10-19(11-5-14)29(26,27)22(16-6-8-18(28-3)9-7-16)13-17(23)12-21-15(2)20(24)25/h4-11,15,17,21,23H,12-13H2,1-3H3,(H,24,25)/t15-,17+/m1/s1. The van der Waals surface area contributed by atoms with Gasteiger partial charge in [-0.1, -0.05) is 17.7 Å². The molecule has 8 nitrogen and oxygen atoms in total. The normalized spacial score (nSPS) is 13.5. The van der Waals surface area contributed by atoms with Crippen molar-refractivity contribution in [2.24, 2.45) is 0 Å². The molecule has 0 aliphatic carbocycles. The van der Waals surface area contributed by atoms with Crippen LogP contribution in [0.15, 0.2) is 53.4 Å². The van der Waals surface area contributed by atoms with Crippen LogP contribution in [-0.2, 0) is 14.8 Å². The predicted octanol–water partition coefficient (Wildman–Crippen LogP) is 1.62. The molecule has 0 amide bonds. The maximum Gasteiger partial charge on any atom is 0.320 e. The Morgan fingerprint density at radius 3 is 2.24 bits per heavy atom. The summed E-state index contributed by atoms with van der Waals surface area (Å²) in [5, 5.41) is 22.0. The van der Waals surface area contributed by atoms with Gasteiger partial charge in [-0.15, -0.1) is 0 Å². The van der Waals surface area contributed by atoms with Crippen molar-refractivity contribution in [3.8, 4) is 5.75 Å². The second-order valence-corrected chi connectivity index (χ2v) is 8.53. The number of methoxy groups -OCH3 is 1. The van der Waals surface area contributed by atoms with Crippen molar-refractivity contribution in [2.75, 3.05) is 24.5 Å². The van der Waals surface area contributed by atoms with E-state index in [9.17, 15) is 18.3 Å². The zero-order valence-electron chi connectivity index (χ0n) is 16.6. The number of carboxylic acid groups (broad SMARTS) is 1. The van der Waals surface area contributed by atoms with Crippen LogP contribution in [0.5, 0.6) is 5.75 Å². The van der Waals surface area contributed by atoms with E-state index in [0.29, 0.717) is 11.4 Å². The molecular weight excluding hydrogens is 396 g/mol. The lowest BCUT2D eigenvalue weighted by Crippen LogP contribution is -2.45. The van der Waals surface area contributed by atoms with Gasteiger partial charge in [0.1, 0.15) is 11.8 Å². The molecule has 29 heavy (non-hydrogen) atoms. The summed E-state index contributed by atoms with van der Waals surface area (Å²) in [6, 6.07) is 12.0. The van der Waals surface area contributed by atoms with Crippen LogP contribution in [0, 0.1) is 6.92 Å². The minimum absolute atomic E-state index is 0.0798. The van der Waals surface area contributed by atoms with Gasteiger partial charge >= 0.3 is 5.97 Å². The summed E-state index contributed by atoms with van der Waals surface area (Å²) in [7, 11) is -2.44. The highest BCUT2D eigenvalue weighted by Crippen LogP contribution is 2.26. The van der Waals surface area contributed by atoms with Gasteiger partial charge in [-0.05, 0) is 50.2 Å². The van der Waals surface area contributed by atoms with Crippen molar-refractivity contribution in [3.05, 3.63) is 54.1 Å². The minimum atomic E-state index is -3.95. The lowest BCUT2D eigenvalue weighted by molar-refractivity contribution is -0.139. The van der Waals surface area contributed by atoms with Crippen LogP contribution in [-0.4, -0.2) is 56.9 Å². The number of aryl methyl sites for hydroxylation is 1. The van der Waals surface area contributed by atoms with Crippen LogP contribution in [0.1, 0.15) is 12.5 Å². The number of nitrogens with zero attached hydrogens (tertiary/aromatic N) is 1. The van der Waals surface area contributed by atoms with E-state index in [1.54, 1.807) is 36.4 Å². The third kappa shape index (κ3) is 5.93. The molecule has 0 unspecified atom stereocenters. The Morgan fingerprint density at radius 1 is 1.14 bits per heavy atom. The average Bonchev–Trinajstić information content (AvgIpc) is 2.70. The summed E-state index contributed by atoms with van der Waals surface area (Å²) in [6.45, 7) is 2.97. The largest absolute Gasteiger partial charge is 0.497 e. The summed E-state index contributed by atoms with van der Waals surface area (Å²) in [6.07, 6.45) is -1.13. The number of aliphatic hydroxyl groups is 1. The average molecular weight is 423 g/mol. The van der Waals surface area contributed by atoms with Crippen LogP contribution in [0.2, 0.25) is 0 Å². The molecule has 2 aromatic carbocycles. The number of hydrogen-bond acceptors (Lipinski definition) is 6. The van der Waals surface area contributed by atoms with Crippen molar-refractivity contribution >= 4 is 21.7 Å². The zero-order valence-corrected chi connectivity index (χ0v) is 17.4. The van der Waals surface area contributed by atoms with Gasteiger partial charge in [0.15, 0.2) is 0 Å². The summed E-state index contributed by atoms with van der Waals surface area (Å²) >= 11 is 0. The Balaban J connectivity index is 2.32. The van der Waals surface area contributed by atoms with Crippen molar-refractivity contribution in [1.29, 1.82) is 0 Å². The molecule has 2 aromatic rings. The van der Waals surface area contributed by atoms with Gasteiger partial charge < -0.3 is 20.3 Å². The number of nitrogens with one attached hydrogen (secondary N) is 1. The highest BCUT2D eigenvalue weighted by molar-refractivity contribution is 7.92. The Hall–Kier alpha value is -2.62. The van der Waals surface area contributed by atoms with Gasteiger partial charge in [-0.2, -0.15) is 0 Å². The van der Waals surface area contributed by atoms with Crippen LogP contribution in [0.25, 0.3) is 0 Å². The Morgan fingerprint density at radius 2 is 1.72 bits per heavy atom. The van der Waals surface area contributed by atoms with E-state index >= 15 is 0 Å². The van der Waals surface area contributed by atoms with Gasteiger partial charge in [0.05, 0.1) is 30.3 Å². The molecule has 0 saturated heterocycles. The van der Waals surface area contributed by atoms with Crippen molar-refractivity contribution in [1.82, 2.24) is 5.32 Å². The highest BCUT2D eigenvalue weighted by atomic mass is 32.2. The molecule has 0 spiro atoms. The number of aliphatic hydroxyl groups excluding tert-OH is 1. The first kappa shape index (κ1) is 22.7. The van der Waals surface area contributed by atoms with E-state index in [0.717, 1.165) is 9.87 Å². The van der Waals surface area contributed by atoms with Gasteiger partial charge in [0.25, 0.3) is 10.0 Å². The molecule has 158 valence electrons. The number of ether oxygens (including phenoxy) is 1. The summed E-state index contributed by atoms with van der Waals surface area (Å²) in [5.41, 5.74) is 1.28. The molecular formula is C20H26N2O6S. The van der Waals surface area contributed by atoms with E-state index in [4.69, 9.17) is 9.84 Å². The molecule has 0 radical (unpaired) electrons. The fraction of sp³-hybridized carbons (Fsp3) is 0.350. The van der Waals surface area contributed by atoms with Crippen molar-refractivity contribution in [2.45, 2.75) is 30.9 Å². The third-order valence-electron chi connectivity index (χ3n) is 4.38. The number of sulfonamides is 1. The number of benzene rings is 2. The lowest BCUT2D eigenvalue weighted by atomic mass is 10.2. The highest BCUT2D eigenvalue weighted by Gasteiger charge is 2.27. The number of aliphatic carboxylic acids is 1. The van der Waals surface area contributed by atoms with Gasteiger partial charge in [0, 0.05) is 6.54 Å². The fourth-order valence-electron chi connectivity index (χ4n) is 2.58.